The highest BCUT2D eigenvalue weighted by Gasteiger charge is 2.53. The third-order valence-corrected chi connectivity index (χ3v) is 6.30. The zero-order chi connectivity index (χ0) is 17.7. The summed E-state index contributed by atoms with van der Waals surface area (Å²) in [6.45, 7) is 0. The fourth-order valence-corrected chi connectivity index (χ4v) is 4.74. The van der Waals surface area contributed by atoms with Crippen molar-refractivity contribution in [2.45, 2.75) is 11.4 Å². The van der Waals surface area contributed by atoms with E-state index in [9.17, 15) is 14.0 Å². The molecule has 0 aromatic heterocycles. The van der Waals surface area contributed by atoms with Gasteiger partial charge in [0.25, 0.3) is 5.91 Å². The molecule has 2 aliphatic heterocycles. The molecule has 4 rings (SSSR count). The van der Waals surface area contributed by atoms with Crippen LogP contribution < -0.4 is 4.90 Å². The summed E-state index contributed by atoms with van der Waals surface area (Å²) in [7, 11) is 0. The summed E-state index contributed by atoms with van der Waals surface area (Å²) in [4.78, 5) is 28.3. The Morgan fingerprint density at radius 3 is 2.44 bits per heavy atom. The number of imide groups is 1. The summed E-state index contributed by atoms with van der Waals surface area (Å²) in [6.07, 6.45) is 0. The van der Waals surface area contributed by atoms with E-state index in [2.05, 4.69) is 0 Å². The summed E-state index contributed by atoms with van der Waals surface area (Å²) in [5.74, 6) is -0.144. The Morgan fingerprint density at radius 2 is 1.76 bits per heavy atom. The van der Waals surface area contributed by atoms with Gasteiger partial charge in [-0.05, 0) is 35.9 Å². The van der Waals surface area contributed by atoms with Crippen LogP contribution in [0.2, 0.25) is 10.0 Å². The van der Waals surface area contributed by atoms with Crippen molar-refractivity contribution >= 4 is 52.6 Å². The number of carbonyl (C=O) groups is 2. The van der Waals surface area contributed by atoms with Gasteiger partial charge in [-0.2, -0.15) is 0 Å². The van der Waals surface area contributed by atoms with Crippen molar-refractivity contribution < 1.29 is 14.0 Å². The maximum absolute atomic E-state index is 13.2. The minimum Gasteiger partial charge on any atom is -0.295 e. The standard InChI is InChI=1S/C17H11Cl2FN2O2S/c18-12-6-5-11(7-13(12)19)21-15(23)14-8-25-16(22(14)17(21)24)9-1-3-10(20)4-2-9/h1-7,14,16H,8H2/t14-,16-/m0/s1. The van der Waals surface area contributed by atoms with Crippen LogP contribution in [0.25, 0.3) is 0 Å². The van der Waals surface area contributed by atoms with Crippen molar-refractivity contribution in [2.24, 2.45) is 0 Å². The molecular weight excluding hydrogens is 386 g/mol. The molecule has 0 N–H and O–H groups in total. The van der Waals surface area contributed by atoms with Gasteiger partial charge in [-0.3, -0.25) is 9.69 Å². The van der Waals surface area contributed by atoms with Gasteiger partial charge in [-0.25, -0.2) is 14.1 Å². The molecule has 128 valence electrons. The molecular formula is C17H11Cl2FN2O2S. The zero-order valence-electron chi connectivity index (χ0n) is 12.7. The molecule has 25 heavy (non-hydrogen) atoms. The Labute approximate surface area is 157 Å². The highest BCUT2D eigenvalue weighted by molar-refractivity contribution is 7.99. The average Bonchev–Trinajstić information content (AvgIpc) is 3.12. The van der Waals surface area contributed by atoms with Crippen molar-refractivity contribution in [1.82, 2.24) is 4.90 Å². The fraction of sp³-hybridized carbons (Fsp3) is 0.176. The summed E-state index contributed by atoms with van der Waals surface area (Å²) in [6, 6.07) is 9.66. The number of hydrogen-bond donors (Lipinski definition) is 0. The Hall–Kier alpha value is -1.76. The van der Waals surface area contributed by atoms with Gasteiger partial charge >= 0.3 is 6.03 Å². The van der Waals surface area contributed by atoms with E-state index in [1.54, 1.807) is 29.2 Å². The molecule has 2 heterocycles. The predicted octanol–water partition coefficient (Wildman–Crippen LogP) is 4.72. The largest absolute Gasteiger partial charge is 0.333 e. The molecule has 0 saturated carbocycles. The lowest BCUT2D eigenvalue weighted by Gasteiger charge is -2.23. The minimum absolute atomic E-state index is 0.274. The molecule has 3 amide bonds. The van der Waals surface area contributed by atoms with Crippen LogP contribution in [0.3, 0.4) is 0 Å². The van der Waals surface area contributed by atoms with Crippen molar-refractivity contribution in [1.29, 1.82) is 0 Å². The zero-order valence-corrected chi connectivity index (χ0v) is 15.0. The molecule has 0 unspecified atom stereocenters. The van der Waals surface area contributed by atoms with Gasteiger partial charge in [-0.1, -0.05) is 35.3 Å². The summed E-state index contributed by atoms with van der Waals surface area (Å²) >= 11 is 13.4. The lowest BCUT2D eigenvalue weighted by molar-refractivity contribution is -0.119. The molecule has 8 heteroatoms. The van der Waals surface area contributed by atoms with Crippen molar-refractivity contribution in [2.75, 3.05) is 10.7 Å². The normalized spacial score (nSPS) is 22.7. The number of hydrogen-bond acceptors (Lipinski definition) is 3. The molecule has 2 saturated heterocycles. The fourth-order valence-electron chi connectivity index (χ4n) is 3.04. The molecule has 0 spiro atoms. The minimum atomic E-state index is -0.540. The van der Waals surface area contributed by atoms with Crippen LogP contribution in [0, 0.1) is 5.82 Å². The number of rotatable bonds is 2. The monoisotopic (exact) mass is 396 g/mol. The van der Waals surface area contributed by atoms with Gasteiger partial charge in [-0.15, -0.1) is 11.8 Å². The van der Waals surface area contributed by atoms with E-state index in [1.807, 2.05) is 0 Å². The first-order chi connectivity index (χ1) is 12.0. The third kappa shape index (κ3) is 2.69. The summed E-state index contributed by atoms with van der Waals surface area (Å²) in [5.41, 5.74) is 1.17. The van der Waals surface area contributed by atoms with Crippen LogP contribution in [0.15, 0.2) is 42.5 Å². The van der Waals surface area contributed by atoms with E-state index in [4.69, 9.17) is 23.2 Å². The van der Waals surface area contributed by atoms with E-state index in [0.29, 0.717) is 16.5 Å². The number of halogens is 3. The maximum atomic E-state index is 13.2. The van der Waals surface area contributed by atoms with Gasteiger partial charge in [0.15, 0.2) is 0 Å². The van der Waals surface area contributed by atoms with E-state index in [-0.39, 0.29) is 22.1 Å². The average molecular weight is 397 g/mol. The topological polar surface area (TPSA) is 40.6 Å². The second kappa shape index (κ2) is 6.20. The predicted molar refractivity (Wildman–Crippen MR) is 96.6 cm³/mol. The number of thioether (sulfide) groups is 1. The van der Waals surface area contributed by atoms with E-state index in [1.165, 1.54) is 30.0 Å². The van der Waals surface area contributed by atoms with E-state index >= 15 is 0 Å². The first-order valence-electron chi connectivity index (χ1n) is 7.46. The second-order valence-electron chi connectivity index (χ2n) is 5.71. The molecule has 0 radical (unpaired) electrons. The van der Waals surface area contributed by atoms with Crippen molar-refractivity contribution in [3.8, 4) is 0 Å². The number of benzene rings is 2. The Morgan fingerprint density at radius 1 is 1.04 bits per heavy atom. The quantitative estimate of drug-likeness (QED) is 0.689. The second-order valence-corrected chi connectivity index (χ2v) is 7.64. The van der Waals surface area contributed by atoms with Crippen LogP contribution in [-0.4, -0.2) is 28.6 Å². The Kier molecular flexibility index (Phi) is 4.14. The van der Waals surface area contributed by atoms with Crippen LogP contribution in [0.4, 0.5) is 14.9 Å². The Balaban J connectivity index is 1.68. The highest BCUT2D eigenvalue weighted by Crippen LogP contribution is 2.46. The van der Waals surface area contributed by atoms with E-state index in [0.717, 1.165) is 10.5 Å². The number of urea groups is 1. The van der Waals surface area contributed by atoms with Gasteiger partial charge < -0.3 is 0 Å². The number of anilines is 1. The molecule has 2 aliphatic rings. The Bertz CT molecular complexity index is 877. The number of nitrogens with zero attached hydrogens (tertiary/aromatic N) is 2. The first-order valence-corrected chi connectivity index (χ1v) is 9.26. The van der Waals surface area contributed by atoms with Crippen LogP contribution in [0.1, 0.15) is 10.9 Å². The number of amides is 3. The maximum Gasteiger partial charge on any atom is 0.333 e. The van der Waals surface area contributed by atoms with Crippen LogP contribution in [-0.2, 0) is 4.79 Å². The molecule has 2 fully saturated rings. The molecule has 0 aliphatic carbocycles. The molecule has 2 aromatic rings. The smallest absolute Gasteiger partial charge is 0.295 e. The van der Waals surface area contributed by atoms with Crippen molar-refractivity contribution in [3.63, 3.8) is 0 Å². The molecule has 4 nitrogen and oxygen atoms in total. The molecule has 2 aromatic carbocycles. The van der Waals surface area contributed by atoms with Crippen LogP contribution >= 0.6 is 35.0 Å². The van der Waals surface area contributed by atoms with Gasteiger partial charge in [0.2, 0.25) is 0 Å². The van der Waals surface area contributed by atoms with E-state index < -0.39 is 12.1 Å². The lowest BCUT2D eigenvalue weighted by atomic mass is 10.2. The van der Waals surface area contributed by atoms with Gasteiger partial charge in [0, 0.05) is 5.75 Å². The third-order valence-electron chi connectivity index (χ3n) is 4.23. The molecule has 2 atom stereocenters. The lowest BCUT2D eigenvalue weighted by Crippen LogP contribution is -2.33. The first kappa shape index (κ1) is 16.7. The number of fused-ring (bicyclic) bond motifs is 1. The van der Waals surface area contributed by atoms with Gasteiger partial charge in [0.05, 0.1) is 15.7 Å². The van der Waals surface area contributed by atoms with Gasteiger partial charge in [0.1, 0.15) is 17.2 Å². The number of carbonyl (C=O) groups excluding carboxylic acids is 2. The van der Waals surface area contributed by atoms with Crippen LogP contribution in [0.5, 0.6) is 0 Å². The summed E-state index contributed by atoms with van der Waals surface area (Å²) in [5, 5.41) is 0.302. The highest BCUT2D eigenvalue weighted by atomic mass is 35.5. The summed E-state index contributed by atoms with van der Waals surface area (Å²) < 4.78 is 13.2. The molecule has 0 bridgehead atoms. The van der Waals surface area contributed by atoms with Crippen molar-refractivity contribution in [3.05, 3.63) is 63.9 Å². The SMILES string of the molecule is O=C1[C@@H]2CS[C@@H](c3ccc(F)cc3)N2C(=O)N1c1ccc(Cl)c(Cl)c1.